The van der Waals surface area contributed by atoms with Crippen molar-refractivity contribution in [2.24, 2.45) is 5.41 Å². The Morgan fingerprint density at radius 3 is 1.69 bits per heavy atom. The van der Waals surface area contributed by atoms with Gasteiger partial charge in [0.15, 0.2) is 5.78 Å². The summed E-state index contributed by atoms with van der Waals surface area (Å²) in [6.45, 7) is 4.79. The van der Waals surface area contributed by atoms with Crippen molar-refractivity contribution in [1.82, 2.24) is 0 Å². The Morgan fingerprint density at radius 2 is 1.20 bits per heavy atom. The molecule has 0 spiro atoms. The Balaban J connectivity index is 1.91. The molecule has 5 N–H and O–H groups in total. The summed E-state index contributed by atoms with van der Waals surface area (Å²) in [5, 5.41) is 21.7. The van der Waals surface area contributed by atoms with Crippen molar-refractivity contribution < 1.29 is 34.1 Å². The van der Waals surface area contributed by atoms with Crippen LogP contribution in [-0.2, 0) is 0 Å². The molecule has 0 aliphatic rings. The van der Waals surface area contributed by atoms with E-state index in [1.165, 1.54) is 0 Å². The molecule has 35 heavy (non-hydrogen) atoms. The molecule has 0 radical (unpaired) electrons. The first-order valence-electron chi connectivity index (χ1n) is 10.5. The molecular formula is C26H24N2O7. The summed E-state index contributed by atoms with van der Waals surface area (Å²) in [7, 11) is 0. The molecule has 0 aromatic heterocycles. The van der Waals surface area contributed by atoms with E-state index < -0.39 is 40.2 Å². The highest BCUT2D eigenvalue weighted by Crippen LogP contribution is 2.28. The standard InChI is InChI=1S/C26H24N2O7/c1-26(2,3)22(29)18-12-19(21(25(33)34)13-20(18)24(31)32)23(30)28-15-6-10-17(11-7-15)35-16-8-4-14(27)5-9-16/h4-13H,27H2,1-3H3,(H,28,30)(H,31,32)(H,33,34). The van der Waals surface area contributed by atoms with E-state index in [9.17, 15) is 29.4 Å². The van der Waals surface area contributed by atoms with Gasteiger partial charge in [-0.05, 0) is 60.7 Å². The van der Waals surface area contributed by atoms with Crippen molar-refractivity contribution >= 4 is 35.0 Å². The number of nitrogens with one attached hydrogen (secondary N) is 1. The average Bonchev–Trinajstić information content (AvgIpc) is 2.79. The fraction of sp³-hybridized carbons (Fsp3) is 0.154. The van der Waals surface area contributed by atoms with E-state index in [0.29, 0.717) is 22.9 Å². The van der Waals surface area contributed by atoms with Gasteiger partial charge < -0.3 is 26.0 Å². The molecule has 0 saturated heterocycles. The molecule has 0 fully saturated rings. The summed E-state index contributed by atoms with van der Waals surface area (Å²) >= 11 is 0. The van der Waals surface area contributed by atoms with Crippen LogP contribution < -0.4 is 15.8 Å². The molecule has 0 aliphatic heterocycles. The highest BCUT2D eigenvalue weighted by molar-refractivity contribution is 6.15. The maximum atomic E-state index is 13.0. The maximum Gasteiger partial charge on any atom is 0.336 e. The number of anilines is 2. The molecular weight excluding hydrogens is 452 g/mol. The summed E-state index contributed by atoms with van der Waals surface area (Å²) in [4.78, 5) is 49.3. The van der Waals surface area contributed by atoms with Gasteiger partial charge in [-0.3, -0.25) is 9.59 Å². The zero-order valence-corrected chi connectivity index (χ0v) is 19.3. The number of hydrogen-bond acceptors (Lipinski definition) is 6. The number of nitrogens with two attached hydrogens (primary N) is 1. The number of carboxylic acids is 2. The van der Waals surface area contributed by atoms with Crippen LogP contribution in [0.1, 0.15) is 62.2 Å². The van der Waals surface area contributed by atoms with E-state index >= 15 is 0 Å². The number of aromatic carboxylic acids is 2. The third-order valence-electron chi connectivity index (χ3n) is 5.02. The fourth-order valence-corrected chi connectivity index (χ4v) is 3.21. The molecule has 0 saturated carbocycles. The number of carbonyl (C=O) groups is 4. The van der Waals surface area contributed by atoms with Gasteiger partial charge in [-0.1, -0.05) is 20.8 Å². The number of carbonyl (C=O) groups excluding carboxylic acids is 2. The second-order valence-electron chi connectivity index (χ2n) is 8.78. The van der Waals surface area contributed by atoms with E-state index in [1.54, 1.807) is 69.3 Å². The Bertz CT molecular complexity index is 1310. The Hall–Kier alpha value is -4.66. The third-order valence-corrected chi connectivity index (χ3v) is 5.02. The minimum atomic E-state index is -1.50. The Kier molecular flexibility index (Phi) is 6.91. The normalized spacial score (nSPS) is 10.9. The summed E-state index contributed by atoms with van der Waals surface area (Å²) in [5.41, 5.74) is 4.03. The lowest BCUT2D eigenvalue weighted by molar-refractivity contribution is 0.0685. The second kappa shape index (κ2) is 9.68. The van der Waals surface area contributed by atoms with Gasteiger partial charge in [0.1, 0.15) is 11.5 Å². The smallest absolute Gasteiger partial charge is 0.336 e. The number of amides is 1. The molecule has 0 atom stereocenters. The number of Topliss-reactive ketones (excluding diaryl/α,β-unsaturated/α-hetero) is 1. The zero-order chi connectivity index (χ0) is 25.9. The van der Waals surface area contributed by atoms with Gasteiger partial charge in [-0.15, -0.1) is 0 Å². The molecule has 3 rings (SSSR count). The van der Waals surface area contributed by atoms with Crippen LogP contribution in [0.2, 0.25) is 0 Å². The number of ketones is 1. The van der Waals surface area contributed by atoms with Crippen LogP contribution in [0.5, 0.6) is 11.5 Å². The van der Waals surface area contributed by atoms with E-state index in [2.05, 4.69) is 5.32 Å². The van der Waals surface area contributed by atoms with Crippen LogP contribution in [0.3, 0.4) is 0 Å². The van der Waals surface area contributed by atoms with Gasteiger partial charge in [0.05, 0.1) is 16.7 Å². The van der Waals surface area contributed by atoms with Crippen molar-refractivity contribution in [3.05, 3.63) is 82.9 Å². The molecule has 3 aromatic rings. The zero-order valence-electron chi connectivity index (χ0n) is 19.3. The molecule has 0 aliphatic carbocycles. The number of carboxylic acid groups (broad SMARTS) is 2. The molecule has 180 valence electrons. The largest absolute Gasteiger partial charge is 0.478 e. The van der Waals surface area contributed by atoms with Gasteiger partial charge in [-0.25, -0.2) is 9.59 Å². The summed E-state index contributed by atoms with van der Waals surface area (Å²) in [6.07, 6.45) is 0. The van der Waals surface area contributed by atoms with E-state index in [1.807, 2.05) is 0 Å². The molecule has 9 nitrogen and oxygen atoms in total. The summed E-state index contributed by atoms with van der Waals surface area (Å²) in [5.74, 6) is -3.26. The number of nitrogen functional groups attached to an aromatic ring is 1. The van der Waals surface area contributed by atoms with Gasteiger partial charge in [0.25, 0.3) is 5.91 Å². The molecule has 0 bridgehead atoms. The van der Waals surface area contributed by atoms with Gasteiger partial charge >= 0.3 is 11.9 Å². The van der Waals surface area contributed by atoms with Crippen molar-refractivity contribution in [3.8, 4) is 11.5 Å². The number of ether oxygens (including phenoxy) is 1. The first-order valence-corrected chi connectivity index (χ1v) is 10.5. The first-order chi connectivity index (χ1) is 16.4. The quantitative estimate of drug-likeness (QED) is 0.276. The second-order valence-corrected chi connectivity index (χ2v) is 8.78. The van der Waals surface area contributed by atoms with Crippen LogP contribution in [0.25, 0.3) is 0 Å². The van der Waals surface area contributed by atoms with Crippen molar-refractivity contribution in [3.63, 3.8) is 0 Å². The molecule has 3 aromatic carbocycles. The maximum absolute atomic E-state index is 13.0. The van der Waals surface area contributed by atoms with Crippen LogP contribution in [0, 0.1) is 5.41 Å². The molecule has 0 heterocycles. The van der Waals surface area contributed by atoms with Gasteiger partial charge in [0, 0.05) is 22.4 Å². The van der Waals surface area contributed by atoms with E-state index in [0.717, 1.165) is 12.1 Å². The highest BCUT2D eigenvalue weighted by atomic mass is 16.5. The molecule has 0 unspecified atom stereocenters. The Labute approximate surface area is 201 Å². The molecule has 1 amide bonds. The summed E-state index contributed by atoms with van der Waals surface area (Å²) < 4.78 is 5.70. The third kappa shape index (κ3) is 5.83. The number of benzene rings is 3. The Morgan fingerprint density at radius 1 is 0.743 bits per heavy atom. The topological polar surface area (TPSA) is 156 Å². The van der Waals surface area contributed by atoms with Crippen molar-refractivity contribution in [2.75, 3.05) is 11.1 Å². The summed E-state index contributed by atoms with van der Waals surface area (Å²) in [6, 6.07) is 15.0. The predicted molar refractivity (Wildman–Crippen MR) is 129 cm³/mol. The average molecular weight is 476 g/mol. The van der Waals surface area contributed by atoms with Gasteiger partial charge in [0.2, 0.25) is 0 Å². The van der Waals surface area contributed by atoms with Crippen molar-refractivity contribution in [2.45, 2.75) is 20.8 Å². The minimum Gasteiger partial charge on any atom is -0.478 e. The number of hydrogen-bond donors (Lipinski definition) is 4. The molecule has 9 heteroatoms. The minimum absolute atomic E-state index is 0.243. The lowest BCUT2D eigenvalue weighted by atomic mass is 9.83. The van der Waals surface area contributed by atoms with Crippen LogP contribution >= 0.6 is 0 Å². The van der Waals surface area contributed by atoms with Crippen molar-refractivity contribution in [1.29, 1.82) is 0 Å². The van der Waals surface area contributed by atoms with E-state index in [4.69, 9.17) is 10.5 Å². The van der Waals surface area contributed by atoms with Gasteiger partial charge in [-0.2, -0.15) is 0 Å². The van der Waals surface area contributed by atoms with Crippen LogP contribution in [-0.4, -0.2) is 33.8 Å². The monoisotopic (exact) mass is 476 g/mol. The number of rotatable bonds is 7. The fourth-order valence-electron chi connectivity index (χ4n) is 3.21. The predicted octanol–water partition coefficient (Wildman–Crippen LogP) is 4.94. The van der Waals surface area contributed by atoms with Crippen LogP contribution in [0.15, 0.2) is 60.7 Å². The van der Waals surface area contributed by atoms with Crippen LogP contribution in [0.4, 0.5) is 11.4 Å². The highest BCUT2D eigenvalue weighted by Gasteiger charge is 2.30. The lowest BCUT2D eigenvalue weighted by Crippen LogP contribution is -2.25. The van der Waals surface area contributed by atoms with E-state index in [-0.39, 0.29) is 11.1 Å². The lowest BCUT2D eigenvalue weighted by Gasteiger charge is -2.19. The SMILES string of the molecule is CC(C)(C)C(=O)c1cc(C(=O)Nc2ccc(Oc3ccc(N)cc3)cc2)c(C(=O)O)cc1C(=O)O. The first kappa shape index (κ1) is 25.0.